The van der Waals surface area contributed by atoms with E-state index in [1.165, 1.54) is 6.42 Å². The van der Waals surface area contributed by atoms with Gasteiger partial charge in [0.2, 0.25) is 0 Å². The normalized spacial score (nSPS) is 18.6. The molecule has 1 aliphatic rings. The number of nitrogens with zero attached hydrogens (tertiary/aromatic N) is 3. The molecular formula is C13H22N4. The summed E-state index contributed by atoms with van der Waals surface area (Å²) in [5.41, 5.74) is 1.42. The monoisotopic (exact) mass is 234 g/mol. The maximum absolute atomic E-state index is 4.66. The molecule has 0 aromatic carbocycles. The van der Waals surface area contributed by atoms with Gasteiger partial charge in [0.05, 0.1) is 11.9 Å². The lowest BCUT2D eigenvalue weighted by Crippen LogP contribution is -2.24. The van der Waals surface area contributed by atoms with Crippen LogP contribution >= 0.6 is 0 Å². The van der Waals surface area contributed by atoms with Crippen molar-refractivity contribution in [3.63, 3.8) is 0 Å². The van der Waals surface area contributed by atoms with Crippen molar-refractivity contribution in [3.8, 4) is 0 Å². The molecule has 1 N–H and O–H groups in total. The number of hydrogen-bond donors (Lipinski definition) is 1. The molecule has 1 aromatic heterocycles. The summed E-state index contributed by atoms with van der Waals surface area (Å²) in [5.74, 6) is 1.02. The molecule has 0 unspecified atom stereocenters. The van der Waals surface area contributed by atoms with Crippen molar-refractivity contribution in [2.24, 2.45) is 5.41 Å². The third-order valence-electron chi connectivity index (χ3n) is 3.23. The Morgan fingerprint density at radius 2 is 2.24 bits per heavy atom. The first kappa shape index (κ1) is 12.3. The molecule has 17 heavy (non-hydrogen) atoms. The summed E-state index contributed by atoms with van der Waals surface area (Å²) in [6, 6.07) is 0. The molecule has 1 fully saturated rings. The second-order valence-corrected chi connectivity index (χ2v) is 5.48. The van der Waals surface area contributed by atoms with Crippen LogP contribution in [0.1, 0.15) is 32.9 Å². The van der Waals surface area contributed by atoms with Crippen LogP contribution in [0.2, 0.25) is 0 Å². The van der Waals surface area contributed by atoms with Crippen molar-refractivity contribution in [2.45, 2.75) is 33.7 Å². The van der Waals surface area contributed by atoms with E-state index >= 15 is 0 Å². The number of rotatable bonds is 4. The standard InChI is InChI=1S/C13H22N4/c1-4-14-7-11-8-15-9-12(16-11)17-6-5-13(2,3)10-17/h8-9,14H,4-7,10H2,1-3H3. The second-order valence-electron chi connectivity index (χ2n) is 5.48. The topological polar surface area (TPSA) is 41.1 Å². The average molecular weight is 234 g/mol. The Bertz CT molecular complexity index is 375. The van der Waals surface area contributed by atoms with Gasteiger partial charge in [0.15, 0.2) is 0 Å². The summed E-state index contributed by atoms with van der Waals surface area (Å²) in [4.78, 5) is 11.3. The van der Waals surface area contributed by atoms with E-state index in [0.717, 1.165) is 37.7 Å². The maximum Gasteiger partial charge on any atom is 0.147 e. The van der Waals surface area contributed by atoms with Crippen LogP contribution in [0.15, 0.2) is 12.4 Å². The van der Waals surface area contributed by atoms with Crippen molar-refractivity contribution in [1.29, 1.82) is 0 Å². The second kappa shape index (κ2) is 5.00. The molecule has 0 spiro atoms. The highest BCUT2D eigenvalue weighted by Crippen LogP contribution is 2.31. The Morgan fingerprint density at radius 1 is 1.41 bits per heavy atom. The predicted octanol–water partition coefficient (Wildman–Crippen LogP) is 1.82. The third kappa shape index (κ3) is 3.16. The fraction of sp³-hybridized carbons (Fsp3) is 0.692. The van der Waals surface area contributed by atoms with Crippen LogP contribution in [0.3, 0.4) is 0 Å². The first-order valence-electron chi connectivity index (χ1n) is 6.37. The summed E-state index contributed by atoms with van der Waals surface area (Å²) >= 11 is 0. The predicted molar refractivity (Wildman–Crippen MR) is 70.0 cm³/mol. The molecule has 1 aromatic rings. The van der Waals surface area contributed by atoms with Crippen molar-refractivity contribution in [1.82, 2.24) is 15.3 Å². The first-order valence-corrected chi connectivity index (χ1v) is 6.37. The Labute approximate surface area is 103 Å². The fourth-order valence-electron chi connectivity index (χ4n) is 2.19. The van der Waals surface area contributed by atoms with Crippen LogP contribution < -0.4 is 10.2 Å². The number of hydrogen-bond acceptors (Lipinski definition) is 4. The molecule has 0 atom stereocenters. The maximum atomic E-state index is 4.66. The average Bonchev–Trinajstić information content (AvgIpc) is 2.67. The Kier molecular flexibility index (Phi) is 3.62. The van der Waals surface area contributed by atoms with Crippen molar-refractivity contribution in [3.05, 3.63) is 18.1 Å². The molecule has 1 aliphatic heterocycles. The zero-order valence-electron chi connectivity index (χ0n) is 11.0. The number of nitrogens with one attached hydrogen (secondary N) is 1. The number of anilines is 1. The molecule has 4 heteroatoms. The van der Waals surface area contributed by atoms with E-state index in [1.54, 1.807) is 0 Å². The van der Waals surface area contributed by atoms with Gasteiger partial charge in [-0.15, -0.1) is 0 Å². The number of aromatic nitrogens is 2. The Balaban J connectivity index is 2.06. The lowest BCUT2D eigenvalue weighted by atomic mass is 9.93. The highest BCUT2D eigenvalue weighted by molar-refractivity contribution is 5.38. The van der Waals surface area contributed by atoms with Gasteiger partial charge in [0.25, 0.3) is 0 Å². The molecule has 4 nitrogen and oxygen atoms in total. The first-order chi connectivity index (χ1) is 8.11. The Morgan fingerprint density at radius 3 is 2.88 bits per heavy atom. The van der Waals surface area contributed by atoms with Gasteiger partial charge >= 0.3 is 0 Å². The molecule has 2 rings (SSSR count). The van der Waals surface area contributed by atoms with E-state index in [-0.39, 0.29) is 0 Å². The van der Waals surface area contributed by atoms with Gasteiger partial charge < -0.3 is 10.2 Å². The zero-order valence-corrected chi connectivity index (χ0v) is 11.0. The lowest BCUT2D eigenvalue weighted by molar-refractivity contribution is 0.418. The fourth-order valence-corrected chi connectivity index (χ4v) is 2.19. The van der Waals surface area contributed by atoms with Gasteiger partial charge in [-0.25, -0.2) is 4.98 Å². The minimum absolute atomic E-state index is 0.402. The summed E-state index contributed by atoms with van der Waals surface area (Å²) in [5, 5.41) is 3.28. The van der Waals surface area contributed by atoms with Gasteiger partial charge in [-0.05, 0) is 18.4 Å². The van der Waals surface area contributed by atoms with Crippen LogP contribution in [0.5, 0.6) is 0 Å². The smallest absolute Gasteiger partial charge is 0.147 e. The highest BCUT2D eigenvalue weighted by Gasteiger charge is 2.29. The summed E-state index contributed by atoms with van der Waals surface area (Å²) in [6.07, 6.45) is 4.94. The molecule has 0 amide bonds. The van der Waals surface area contributed by atoms with E-state index in [2.05, 4.69) is 41.0 Å². The summed E-state index contributed by atoms with van der Waals surface area (Å²) in [6.45, 7) is 10.6. The largest absolute Gasteiger partial charge is 0.355 e. The van der Waals surface area contributed by atoms with E-state index in [0.29, 0.717) is 5.41 Å². The zero-order chi connectivity index (χ0) is 12.3. The molecule has 1 saturated heterocycles. The van der Waals surface area contributed by atoms with Crippen LogP contribution in [0.25, 0.3) is 0 Å². The van der Waals surface area contributed by atoms with E-state index < -0.39 is 0 Å². The molecule has 2 heterocycles. The highest BCUT2D eigenvalue weighted by atomic mass is 15.2. The Hall–Kier alpha value is -1.16. The molecule has 0 radical (unpaired) electrons. The van der Waals surface area contributed by atoms with E-state index in [1.807, 2.05) is 12.4 Å². The molecule has 0 bridgehead atoms. The molecule has 0 aliphatic carbocycles. The van der Waals surface area contributed by atoms with E-state index in [4.69, 9.17) is 0 Å². The van der Waals surface area contributed by atoms with Crippen LogP contribution in [0.4, 0.5) is 5.82 Å². The third-order valence-corrected chi connectivity index (χ3v) is 3.23. The SMILES string of the molecule is CCNCc1cncc(N2CCC(C)(C)C2)n1. The van der Waals surface area contributed by atoms with Gasteiger partial charge in [0, 0.05) is 25.8 Å². The molecular weight excluding hydrogens is 212 g/mol. The quantitative estimate of drug-likeness (QED) is 0.863. The van der Waals surface area contributed by atoms with Gasteiger partial charge in [-0.3, -0.25) is 4.98 Å². The minimum atomic E-state index is 0.402. The van der Waals surface area contributed by atoms with Crippen LogP contribution in [0, 0.1) is 5.41 Å². The van der Waals surface area contributed by atoms with Gasteiger partial charge in [-0.2, -0.15) is 0 Å². The van der Waals surface area contributed by atoms with Crippen molar-refractivity contribution >= 4 is 5.82 Å². The van der Waals surface area contributed by atoms with Crippen LogP contribution in [-0.2, 0) is 6.54 Å². The van der Waals surface area contributed by atoms with Gasteiger partial charge in [0.1, 0.15) is 5.82 Å². The lowest BCUT2D eigenvalue weighted by Gasteiger charge is -2.20. The molecule has 94 valence electrons. The molecule has 0 saturated carbocycles. The summed E-state index contributed by atoms with van der Waals surface area (Å²) < 4.78 is 0. The van der Waals surface area contributed by atoms with Gasteiger partial charge in [-0.1, -0.05) is 20.8 Å². The summed E-state index contributed by atoms with van der Waals surface area (Å²) in [7, 11) is 0. The van der Waals surface area contributed by atoms with Crippen molar-refractivity contribution < 1.29 is 0 Å². The van der Waals surface area contributed by atoms with Crippen molar-refractivity contribution in [2.75, 3.05) is 24.5 Å². The van der Waals surface area contributed by atoms with Crippen LogP contribution in [-0.4, -0.2) is 29.6 Å². The van der Waals surface area contributed by atoms with E-state index in [9.17, 15) is 0 Å². The minimum Gasteiger partial charge on any atom is -0.355 e.